The van der Waals surface area contributed by atoms with Gasteiger partial charge in [0.25, 0.3) is 0 Å². The molecule has 0 atom stereocenters. The van der Waals surface area contributed by atoms with Crippen LogP contribution in [-0.2, 0) is 6.42 Å². The van der Waals surface area contributed by atoms with Crippen molar-refractivity contribution in [3.63, 3.8) is 0 Å². The summed E-state index contributed by atoms with van der Waals surface area (Å²) in [7, 11) is 0. The van der Waals surface area contributed by atoms with Gasteiger partial charge in [-0.2, -0.15) is 0 Å². The summed E-state index contributed by atoms with van der Waals surface area (Å²) in [5, 5.41) is 0. The predicted molar refractivity (Wildman–Crippen MR) is 78.4 cm³/mol. The van der Waals surface area contributed by atoms with Crippen LogP contribution in [0.1, 0.15) is 23.7 Å². The van der Waals surface area contributed by atoms with Crippen molar-refractivity contribution in [2.24, 2.45) is 0 Å². The number of hydrogen-bond acceptors (Lipinski definition) is 3. The first-order valence-electron chi connectivity index (χ1n) is 5.92. The van der Waals surface area contributed by atoms with E-state index in [0.29, 0.717) is 11.6 Å². The highest BCUT2D eigenvalue weighted by molar-refractivity contribution is 9.10. The number of halogens is 1. The number of nitrogens with zero attached hydrogens (tertiary/aromatic N) is 2. The lowest BCUT2D eigenvalue weighted by Gasteiger charge is -2.10. The second-order valence-corrected chi connectivity index (χ2v) is 5.22. The Labute approximate surface area is 116 Å². The number of anilines is 1. The van der Waals surface area contributed by atoms with E-state index >= 15 is 0 Å². The zero-order valence-corrected chi connectivity index (χ0v) is 12.4. The van der Waals surface area contributed by atoms with Crippen molar-refractivity contribution in [3.8, 4) is 11.4 Å². The van der Waals surface area contributed by atoms with Gasteiger partial charge in [-0.05, 0) is 44.0 Å². The molecule has 0 fully saturated rings. The molecule has 0 saturated heterocycles. The van der Waals surface area contributed by atoms with Gasteiger partial charge in [0, 0.05) is 21.3 Å². The molecule has 1 heterocycles. The zero-order chi connectivity index (χ0) is 13.3. The summed E-state index contributed by atoms with van der Waals surface area (Å²) in [6, 6.07) is 6.06. The molecule has 0 aliphatic rings. The molecule has 0 spiro atoms. The smallest absolute Gasteiger partial charge is 0.162 e. The van der Waals surface area contributed by atoms with Gasteiger partial charge in [0.15, 0.2) is 5.82 Å². The van der Waals surface area contributed by atoms with E-state index < -0.39 is 0 Å². The van der Waals surface area contributed by atoms with Gasteiger partial charge in [-0.1, -0.05) is 22.9 Å². The fourth-order valence-electron chi connectivity index (χ4n) is 2.05. The molecule has 0 bridgehead atoms. The molecule has 3 nitrogen and oxygen atoms in total. The Morgan fingerprint density at radius 1 is 1.22 bits per heavy atom. The molecule has 0 radical (unpaired) electrons. The lowest BCUT2D eigenvalue weighted by atomic mass is 10.1. The molecule has 1 aromatic heterocycles. The summed E-state index contributed by atoms with van der Waals surface area (Å²) in [4.78, 5) is 8.98. The number of nitrogens with two attached hydrogens (primary N) is 1. The first kappa shape index (κ1) is 13.0. The van der Waals surface area contributed by atoms with Gasteiger partial charge in [0.05, 0.1) is 0 Å². The molecular formula is C14H16BrN3. The summed E-state index contributed by atoms with van der Waals surface area (Å²) >= 11 is 3.46. The second-order valence-electron chi connectivity index (χ2n) is 4.31. The van der Waals surface area contributed by atoms with E-state index in [0.717, 1.165) is 33.3 Å². The normalized spacial score (nSPS) is 10.7. The molecule has 2 aromatic rings. The van der Waals surface area contributed by atoms with E-state index in [-0.39, 0.29) is 0 Å². The lowest BCUT2D eigenvalue weighted by molar-refractivity contribution is 1.01. The molecule has 2 N–H and O–H groups in total. The van der Waals surface area contributed by atoms with Crippen LogP contribution >= 0.6 is 15.9 Å². The SMILES string of the molecule is CCc1c(C)nc(-c2ccc(Br)cc2C)nc1N. The molecule has 1 aromatic carbocycles. The van der Waals surface area contributed by atoms with Crippen LogP contribution < -0.4 is 5.73 Å². The van der Waals surface area contributed by atoms with Gasteiger partial charge in [0.1, 0.15) is 5.82 Å². The number of nitrogen functional groups attached to an aromatic ring is 1. The maximum atomic E-state index is 5.99. The Kier molecular flexibility index (Phi) is 3.66. The first-order chi connectivity index (χ1) is 8.52. The van der Waals surface area contributed by atoms with E-state index in [1.165, 1.54) is 0 Å². The fraction of sp³-hybridized carbons (Fsp3) is 0.286. The summed E-state index contributed by atoms with van der Waals surface area (Å²) in [5.74, 6) is 1.29. The Bertz CT molecular complexity index is 571. The van der Waals surface area contributed by atoms with Crippen molar-refractivity contribution in [1.29, 1.82) is 0 Å². The van der Waals surface area contributed by atoms with E-state index in [9.17, 15) is 0 Å². The quantitative estimate of drug-likeness (QED) is 0.921. The van der Waals surface area contributed by atoms with Crippen LogP contribution in [0.2, 0.25) is 0 Å². The van der Waals surface area contributed by atoms with Gasteiger partial charge in [-0.15, -0.1) is 0 Å². The Morgan fingerprint density at radius 3 is 2.50 bits per heavy atom. The van der Waals surface area contributed by atoms with Gasteiger partial charge in [-0.3, -0.25) is 0 Å². The molecule has 0 unspecified atom stereocenters. The molecule has 4 heteroatoms. The first-order valence-corrected chi connectivity index (χ1v) is 6.71. The average molecular weight is 306 g/mol. The van der Waals surface area contributed by atoms with Crippen LogP contribution in [0.5, 0.6) is 0 Å². The van der Waals surface area contributed by atoms with Gasteiger partial charge in [0.2, 0.25) is 0 Å². The third-order valence-corrected chi connectivity index (χ3v) is 3.52. The third kappa shape index (κ3) is 2.38. The molecule has 0 aliphatic heterocycles. The predicted octanol–water partition coefficient (Wildman–Crippen LogP) is 3.67. The summed E-state index contributed by atoms with van der Waals surface area (Å²) in [5.41, 5.74) is 10.1. The standard InChI is InChI=1S/C14H16BrN3/c1-4-11-9(3)17-14(18-13(11)16)12-6-5-10(15)7-8(12)2/h5-7H,4H2,1-3H3,(H2,16,17,18). The number of aryl methyl sites for hydroxylation is 2. The van der Waals surface area contributed by atoms with E-state index in [1.807, 2.05) is 26.0 Å². The minimum atomic E-state index is 0.585. The zero-order valence-electron chi connectivity index (χ0n) is 10.8. The van der Waals surface area contributed by atoms with Crippen LogP contribution in [0, 0.1) is 13.8 Å². The van der Waals surface area contributed by atoms with Crippen molar-refractivity contribution in [1.82, 2.24) is 9.97 Å². The summed E-state index contributed by atoms with van der Waals surface area (Å²) in [6.07, 6.45) is 0.858. The maximum Gasteiger partial charge on any atom is 0.162 e. The van der Waals surface area contributed by atoms with Crippen LogP contribution in [0.25, 0.3) is 11.4 Å². The molecule has 0 aliphatic carbocycles. The van der Waals surface area contributed by atoms with Crippen LogP contribution in [0.3, 0.4) is 0 Å². The summed E-state index contributed by atoms with van der Waals surface area (Å²) < 4.78 is 1.05. The number of benzene rings is 1. The fourth-order valence-corrected chi connectivity index (χ4v) is 2.53. The molecule has 0 amide bonds. The second kappa shape index (κ2) is 5.06. The minimum Gasteiger partial charge on any atom is -0.383 e. The van der Waals surface area contributed by atoms with Crippen molar-refractivity contribution >= 4 is 21.7 Å². The van der Waals surface area contributed by atoms with Gasteiger partial charge >= 0.3 is 0 Å². The average Bonchev–Trinajstić information content (AvgIpc) is 2.28. The monoisotopic (exact) mass is 305 g/mol. The highest BCUT2D eigenvalue weighted by Crippen LogP contribution is 2.25. The van der Waals surface area contributed by atoms with Crippen molar-refractivity contribution in [3.05, 3.63) is 39.5 Å². The molecule has 2 rings (SSSR count). The van der Waals surface area contributed by atoms with Crippen molar-refractivity contribution in [2.45, 2.75) is 27.2 Å². The van der Waals surface area contributed by atoms with Gasteiger partial charge in [-0.25, -0.2) is 9.97 Å². The molecule has 94 valence electrons. The van der Waals surface area contributed by atoms with E-state index in [1.54, 1.807) is 0 Å². The third-order valence-electron chi connectivity index (χ3n) is 3.03. The highest BCUT2D eigenvalue weighted by atomic mass is 79.9. The lowest BCUT2D eigenvalue weighted by Crippen LogP contribution is -2.05. The minimum absolute atomic E-state index is 0.585. The van der Waals surface area contributed by atoms with Crippen LogP contribution in [0.4, 0.5) is 5.82 Å². The van der Waals surface area contributed by atoms with Crippen LogP contribution in [-0.4, -0.2) is 9.97 Å². The molecule has 0 saturated carbocycles. The van der Waals surface area contributed by atoms with Gasteiger partial charge < -0.3 is 5.73 Å². The Hall–Kier alpha value is -1.42. The Morgan fingerprint density at radius 2 is 1.94 bits per heavy atom. The van der Waals surface area contributed by atoms with Crippen LogP contribution in [0.15, 0.2) is 22.7 Å². The number of rotatable bonds is 2. The highest BCUT2D eigenvalue weighted by Gasteiger charge is 2.11. The topological polar surface area (TPSA) is 51.8 Å². The number of hydrogen-bond donors (Lipinski definition) is 1. The van der Waals surface area contributed by atoms with Crippen molar-refractivity contribution in [2.75, 3.05) is 5.73 Å². The van der Waals surface area contributed by atoms with Crippen molar-refractivity contribution < 1.29 is 0 Å². The van der Waals surface area contributed by atoms with E-state index in [2.05, 4.69) is 38.9 Å². The van der Waals surface area contributed by atoms with E-state index in [4.69, 9.17) is 5.73 Å². The summed E-state index contributed by atoms with van der Waals surface area (Å²) in [6.45, 7) is 6.09. The largest absolute Gasteiger partial charge is 0.383 e. The molecular weight excluding hydrogens is 290 g/mol. The Balaban J connectivity index is 2.58. The number of aromatic nitrogens is 2. The molecule has 18 heavy (non-hydrogen) atoms. The maximum absolute atomic E-state index is 5.99.